The Balaban J connectivity index is 2.51. The van der Waals surface area contributed by atoms with Crippen molar-refractivity contribution in [1.82, 2.24) is 9.88 Å². The van der Waals surface area contributed by atoms with E-state index in [1.807, 2.05) is 19.2 Å². The number of pyridine rings is 1. The molecule has 0 radical (unpaired) electrons. The Labute approximate surface area is 124 Å². The summed E-state index contributed by atoms with van der Waals surface area (Å²) in [5, 5.41) is 3.01. The van der Waals surface area contributed by atoms with Crippen LogP contribution in [0.1, 0.15) is 25.3 Å². The smallest absolute Gasteiger partial charge is 0.255 e. The summed E-state index contributed by atoms with van der Waals surface area (Å²) < 4.78 is 14.9. The lowest BCUT2D eigenvalue weighted by molar-refractivity contribution is 0.609. The second-order valence-electron chi connectivity index (χ2n) is 5.09. The Morgan fingerprint density at radius 2 is 1.86 bits per heavy atom. The lowest BCUT2D eigenvalue weighted by Crippen LogP contribution is -2.27. The van der Waals surface area contributed by atoms with Crippen molar-refractivity contribution < 1.29 is 4.39 Å². The molecular formula is C17H21FN2O. The van der Waals surface area contributed by atoms with Crippen molar-refractivity contribution in [1.29, 1.82) is 0 Å². The van der Waals surface area contributed by atoms with E-state index in [0.29, 0.717) is 13.1 Å². The zero-order valence-corrected chi connectivity index (χ0v) is 12.5. The number of nitrogens with zero attached hydrogens (tertiary/aromatic N) is 1. The average molecular weight is 288 g/mol. The Morgan fingerprint density at radius 3 is 2.48 bits per heavy atom. The molecule has 0 unspecified atom stereocenters. The predicted molar refractivity (Wildman–Crippen MR) is 83.8 cm³/mol. The highest BCUT2D eigenvalue weighted by atomic mass is 19.1. The van der Waals surface area contributed by atoms with Gasteiger partial charge in [-0.1, -0.05) is 19.4 Å². The fourth-order valence-electron chi connectivity index (χ4n) is 2.36. The first-order valence-corrected chi connectivity index (χ1v) is 7.30. The molecule has 0 atom stereocenters. The molecule has 2 rings (SSSR count). The normalized spacial score (nSPS) is 10.8. The molecule has 0 saturated carbocycles. The molecule has 0 bridgehead atoms. The fraction of sp³-hybridized carbons (Fsp3) is 0.353. The van der Waals surface area contributed by atoms with E-state index in [-0.39, 0.29) is 11.4 Å². The number of benzene rings is 1. The number of halogens is 1. The third-order valence-electron chi connectivity index (χ3n) is 3.50. The SMILES string of the molecule is CCCCn1c(-c2ccc(F)cc2)ccc(CNC)c1=O. The number of unbranched alkanes of at least 4 members (excludes halogenated alkanes) is 1. The molecule has 0 spiro atoms. The standard InChI is InChI=1S/C17H21FN2O/c1-3-4-11-20-16(13-5-8-15(18)9-6-13)10-7-14(12-19-2)17(20)21/h5-10,19H,3-4,11-12H2,1-2H3. The minimum atomic E-state index is -0.270. The summed E-state index contributed by atoms with van der Waals surface area (Å²) in [6.45, 7) is 3.33. The van der Waals surface area contributed by atoms with E-state index < -0.39 is 0 Å². The van der Waals surface area contributed by atoms with Crippen molar-refractivity contribution >= 4 is 0 Å². The minimum absolute atomic E-state index is 0.0274. The molecular weight excluding hydrogens is 267 g/mol. The van der Waals surface area contributed by atoms with Crippen molar-refractivity contribution in [2.75, 3.05) is 7.05 Å². The molecule has 0 aliphatic carbocycles. The largest absolute Gasteiger partial charge is 0.315 e. The minimum Gasteiger partial charge on any atom is -0.315 e. The molecule has 1 heterocycles. The van der Waals surface area contributed by atoms with Crippen LogP contribution < -0.4 is 10.9 Å². The third kappa shape index (κ3) is 3.58. The first kappa shape index (κ1) is 15.4. The van der Waals surface area contributed by atoms with Gasteiger partial charge >= 0.3 is 0 Å². The number of hydrogen-bond acceptors (Lipinski definition) is 2. The highest BCUT2D eigenvalue weighted by Gasteiger charge is 2.10. The van der Waals surface area contributed by atoms with Crippen LogP contribution in [0.4, 0.5) is 4.39 Å². The second kappa shape index (κ2) is 7.18. The lowest BCUT2D eigenvalue weighted by atomic mass is 10.1. The molecule has 0 amide bonds. The van der Waals surface area contributed by atoms with E-state index in [1.165, 1.54) is 12.1 Å². The van der Waals surface area contributed by atoms with Gasteiger partial charge in [0, 0.05) is 18.7 Å². The van der Waals surface area contributed by atoms with Crippen LogP contribution in [-0.2, 0) is 13.1 Å². The lowest BCUT2D eigenvalue weighted by Gasteiger charge is -2.14. The van der Waals surface area contributed by atoms with Gasteiger partial charge in [-0.15, -0.1) is 0 Å². The van der Waals surface area contributed by atoms with Gasteiger partial charge in [0.05, 0.1) is 5.69 Å². The number of aromatic nitrogens is 1. The van der Waals surface area contributed by atoms with Crippen molar-refractivity contribution in [3.8, 4) is 11.3 Å². The number of rotatable bonds is 6. The van der Waals surface area contributed by atoms with Crippen LogP contribution in [0.3, 0.4) is 0 Å². The molecule has 1 aromatic carbocycles. The van der Waals surface area contributed by atoms with Crippen LogP contribution in [-0.4, -0.2) is 11.6 Å². The predicted octanol–water partition coefficient (Wildman–Crippen LogP) is 3.17. The molecule has 2 aromatic rings. The van der Waals surface area contributed by atoms with Crippen molar-refractivity contribution in [3.05, 3.63) is 58.1 Å². The summed E-state index contributed by atoms with van der Waals surface area (Å²) in [6, 6.07) is 10.1. The molecule has 0 aliphatic heterocycles. The van der Waals surface area contributed by atoms with E-state index in [2.05, 4.69) is 12.2 Å². The number of hydrogen-bond donors (Lipinski definition) is 1. The van der Waals surface area contributed by atoms with E-state index in [4.69, 9.17) is 0 Å². The highest BCUT2D eigenvalue weighted by molar-refractivity contribution is 5.59. The summed E-state index contributed by atoms with van der Waals surface area (Å²) in [5.74, 6) is -0.270. The van der Waals surface area contributed by atoms with Gasteiger partial charge in [-0.2, -0.15) is 0 Å². The Bertz CT molecular complexity index is 647. The van der Waals surface area contributed by atoms with Crippen LogP contribution in [0.5, 0.6) is 0 Å². The van der Waals surface area contributed by atoms with E-state index in [0.717, 1.165) is 29.7 Å². The fourth-order valence-corrected chi connectivity index (χ4v) is 2.36. The number of nitrogens with one attached hydrogen (secondary N) is 1. The topological polar surface area (TPSA) is 34.0 Å². The van der Waals surface area contributed by atoms with Gasteiger partial charge in [-0.05, 0) is 49.4 Å². The molecule has 112 valence electrons. The molecule has 0 fully saturated rings. The highest BCUT2D eigenvalue weighted by Crippen LogP contribution is 2.19. The van der Waals surface area contributed by atoms with E-state index >= 15 is 0 Å². The van der Waals surface area contributed by atoms with Crippen LogP contribution in [0.25, 0.3) is 11.3 Å². The van der Waals surface area contributed by atoms with Crippen LogP contribution >= 0.6 is 0 Å². The van der Waals surface area contributed by atoms with Crippen molar-refractivity contribution in [2.45, 2.75) is 32.9 Å². The van der Waals surface area contributed by atoms with Crippen molar-refractivity contribution in [3.63, 3.8) is 0 Å². The maximum Gasteiger partial charge on any atom is 0.255 e. The molecule has 0 aliphatic rings. The molecule has 3 nitrogen and oxygen atoms in total. The second-order valence-corrected chi connectivity index (χ2v) is 5.09. The summed E-state index contributed by atoms with van der Waals surface area (Å²) in [4.78, 5) is 12.6. The van der Waals surface area contributed by atoms with Crippen LogP contribution in [0.15, 0.2) is 41.2 Å². The van der Waals surface area contributed by atoms with E-state index in [1.54, 1.807) is 16.7 Å². The van der Waals surface area contributed by atoms with Crippen molar-refractivity contribution in [2.24, 2.45) is 0 Å². The van der Waals surface area contributed by atoms with Gasteiger partial charge < -0.3 is 9.88 Å². The summed E-state index contributed by atoms with van der Waals surface area (Å²) in [5.41, 5.74) is 2.48. The molecule has 4 heteroatoms. The first-order chi connectivity index (χ1) is 10.2. The zero-order valence-electron chi connectivity index (χ0n) is 12.5. The summed E-state index contributed by atoms with van der Waals surface area (Å²) >= 11 is 0. The van der Waals surface area contributed by atoms with E-state index in [9.17, 15) is 9.18 Å². The maximum atomic E-state index is 13.1. The quantitative estimate of drug-likeness (QED) is 0.886. The van der Waals surface area contributed by atoms with Crippen LogP contribution in [0.2, 0.25) is 0 Å². The average Bonchev–Trinajstić information content (AvgIpc) is 2.49. The summed E-state index contributed by atoms with van der Waals surface area (Å²) in [7, 11) is 1.82. The monoisotopic (exact) mass is 288 g/mol. The third-order valence-corrected chi connectivity index (χ3v) is 3.50. The van der Waals surface area contributed by atoms with Gasteiger partial charge in [0.2, 0.25) is 0 Å². The van der Waals surface area contributed by atoms with Gasteiger partial charge in [-0.3, -0.25) is 4.79 Å². The molecule has 1 N–H and O–H groups in total. The molecule has 0 saturated heterocycles. The Hall–Kier alpha value is -1.94. The van der Waals surface area contributed by atoms with Crippen LogP contribution in [0, 0.1) is 5.82 Å². The zero-order chi connectivity index (χ0) is 15.2. The first-order valence-electron chi connectivity index (χ1n) is 7.30. The van der Waals surface area contributed by atoms with Gasteiger partial charge in [0.1, 0.15) is 5.82 Å². The Morgan fingerprint density at radius 1 is 1.14 bits per heavy atom. The maximum absolute atomic E-state index is 13.1. The van der Waals surface area contributed by atoms with Gasteiger partial charge in [-0.25, -0.2) is 4.39 Å². The van der Waals surface area contributed by atoms with Gasteiger partial charge in [0.25, 0.3) is 5.56 Å². The molecule has 21 heavy (non-hydrogen) atoms. The van der Waals surface area contributed by atoms with Gasteiger partial charge in [0.15, 0.2) is 0 Å². The molecule has 1 aromatic heterocycles. The Kier molecular flexibility index (Phi) is 5.28. The summed E-state index contributed by atoms with van der Waals surface area (Å²) in [6.07, 6.45) is 1.96.